The second-order valence-electron chi connectivity index (χ2n) is 1.44. The first-order chi connectivity index (χ1) is 4.22. The van der Waals surface area contributed by atoms with Gasteiger partial charge in [-0.25, -0.2) is 0 Å². The monoisotopic (exact) mass is 125 g/mol. The molecule has 0 aliphatic carbocycles. The molecule has 48 valence electrons. The minimum Gasteiger partial charge on any atom is -0.503 e. The van der Waals surface area contributed by atoms with E-state index < -0.39 is 0 Å². The second kappa shape index (κ2) is 3.67. The van der Waals surface area contributed by atoms with Gasteiger partial charge in [0.2, 0.25) is 0 Å². The van der Waals surface area contributed by atoms with Crippen LogP contribution in [0.2, 0.25) is 0 Å². The first-order valence-corrected chi connectivity index (χ1v) is 2.36. The van der Waals surface area contributed by atoms with Crippen molar-refractivity contribution < 1.29 is 9.53 Å². The Morgan fingerprint density at radius 1 is 1.78 bits per heavy atom. The van der Waals surface area contributed by atoms with Crippen LogP contribution in [-0.2, 0) is 9.53 Å². The van der Waals surface area contributed by atoms with Crippen molar-refractivity contribution in [2.75, 3.05) is 7.11 Å². The lowest BCUT2D eigenvalue weighted by Crippen LogP contribution is -1.93. The molecule has 0 bridgehead atoms. The van der Waals surface area contributed by atoms with E-state index in [-0.39, 0.29) is 11.4 Å². The van der Waals surface area contributed by atoms with Crippen LogP contribution in [0.15, 0.2) is 11.8 Å². The van der Waals surface area contributed by atoms with E-state index in [4.69, 9.17) is 5.26 Å². The first-order valence-electron chi connectivity index (χ1n) is 2.36. The summed E-state index contributed by atoms with van der Waals surface area (Å²) in [6.07, 6.45) is 1.13. The fraction of sp³-hybridized carbons (Fsp3) is 0.333. The van der Waals surface area contributed by atoms with E-state index in [0.29, 0.717) is 0 Å². The molecule has 0 N–H and O–H groups in total. The Morgan fingerprint density at radius 2 is 2.33 bits per heavy atom. The van der Waals surface area contributed by atoms with Crippen LogP contribution in [-0.4, -0.2) is 12.9 Å². The number of ether oxygens (including phenoxy) is 1. The molecule has 0 atom stereocenters. The zero-order valence-electron chi connectivity index (χ0n) is 5.34. The molecule has 0 aromatic carbocycles. The summed E-state index contributed by atoms with van der Waals surface area (Å²) in [6, 6.07) is 1.69. The molecule has 0 heterocycles. The molecule has 0 radical (unpaired) electrons. The molecule has 0 saturated carbocycles. The van der Waals surface area contributed by atoms with E-state index in [0.717, 1.165) is 6.26 Å². The number of methoxy groups -OCH3 is 1. The Bertz CT molecular complexity index is 176. The number of allylic oxidation sites excluding steroid dienone is 1. The van der Waals surface area contributed by atoms with Gasteiger partial charge in [-0.2, -0.15) is 5.26 Å². The van der Waals surface area contributed by atoms with Crippen molar-refractivity contribution in [1.82, 2.24) is 0 Å². The van der Waals surface area contributed by atoms with Gasteiger partial charge in [-0.3, -0.25) is 4.79 Å². The Kier molecular flexibility index (Phi) is 3.14. The van der Waals surface area contributed by atoms with Gasteiger partial charge in [-0.05, 0) is 6.92 Å². The SMILES string of the molecule is CO/C=C(\C#N)C(C)=O. The van der Waals surface area contributed by atoms with Gasteiger partial charge in [0.25, 0.3) is 0 Å². The predicted molar refractivity (Wildman–Crippen MR) is 31.4 cm³/mol. The summed E-state index contributed by atoms with van der Waals surface area (Å²) < 4.78 is 4.45. The van der Waals surface area contributed by atoms with Crippen LogP contribution in [0.4, 0.5) is 0 Å². The summed E-state index contributed by atoms with van der Waals surface area (Å²) in [5.74, 6) is -0.278. The van der Waals surface area contributed by atoms with Gasteiger partial charge in [0, 0.05) is 0 Å². The minimum atomic E-state index is -0.278. The zero-order chi connectivity index (χ0) is 7.28. The fourth-order valence-electron chi connectivity index (χ4n) is 0.306. The highest BCUT2D eigenvalue weighted by Gasteiger charge is 1.99. The van der Waals surface area contributed by atoms with Gasteiger partial charge in [0.1, 0.15) is 17.9 Å². The van der Waals surface area contributed by atoms with Gasteiger partial charge < -0.3 is 4.74 Å². The smallest absolute Gasteiger partial charge is 0.173 e. The first kappa shape index (κ1) is 7.70. The molecule has 3 heteroatoms. The third-order valence-electron chi connectivity index (χ3n) is 0.735. The number of rotatable bonds is 2. The van der Waals surface area contributed by atoms with E-state index >= 15 is 0 Å². The fourth-order valence-corrected chi connectivity index (χ4v) is 0.306. The van der Waals surface area contributed by atoms with Crippen molar-refractivity contribution in [3.05, 3.63) is 11.8 Å². The molecule has 0 aliphatic rings. The van der Waals surface area contributed by atoms with Gasteiger partial charge in [-0.15, -0.1) is 0 Å². The molecule has 0 spiro atoms. The van der Waals surface area contributed by atoms with Crippen molar-refractivity contribution in [2.45, 2.75) is 6.92 Å². The molecule has 0 rings (SSSR count). The lowest BCUT2D eigenvalue weighted by molar-refractivity contribution is -0.113. The van der Waals surface area contributed by atoms with Gasteiger partial charge >= 0.3 is 0 Å². The van der Waals surface area contributed by atoms with E-state index in [1.54, 1.807) is 6.07 Å². The molecular weight excluding hydrogens is 118 g/mol. The van der Waals surface area contributed by atoms with Gasteiger partial charge in [0.05, 0.1) is 7.11 Å². The lowest BCUT2D eigenvalue weighted by Gasteiger charge is -1.87. The summed E-state index contributed by atoms with van der Waals surface area (Å²) >= 11 is 0. The van der Waals surface area contributed by atoms with Crippen molar-refractivity contribution >= 4 is 5.78 Å². The highest BCUT2D eigenvalue weighted by atomic mass is 16.5. The predicted octanol–water partition coefficient (Wildman–Crippen LogP) is 0.629. The van der Waals surface area contributed by atoms with Crippen LogP contribution in [0.3, 0.4) is 0 Å². The van der Waals surface area contributed by atoms with E-state index in [9.17, 15) is 4.79 Å². The number of ketones is 1. The zero-order valence-corrected chi connectivity index (χ0v) is 5.34. The molecule has 0 aromatic rings. The largest absolute Gasteiger partial charge is 0.503 e. The van der Waals surface area contributed by atoms with Crippen LogP contribution in [0.5, 0.6) is 0 Å². The Morgan fingerprint density at radius 3 is 2.44 bits per heavy atom. The number of nitrogens with zero attached hydrogens (tertiary/aromatic N) is 1. The molecule has 9 heavy (non-hydrogen) atoms. The molecule has 0 aromatic heterocycles. The van der Waals surface area contributed by atoms with Crippen LogP contribution < -0.4 is 0 Å². The van der Waals surface area contributed by atoms with Crippen molar-refractivity contribution in [3.8, 4) is 6.07 Å². The normalized spacial score (nSPS) is 10.1. The van der Waals surface area contributed by atoms with E-state index in [1.165, 1.54) is 14.0 Å². The third kappa shape index (κ3) is 2.50. The molecule has 3 nitrogen and oxygen atoms in total. The molecule has 0 unspecified atom stereocenters. The highest BCUT2D eigenvalue weighted by Crippen LogP contribution is 1.92. The minimum absolute atomic E-state index is 0.0394. The maximum Gasteiger partial charge on any atom is 0.173 e. The Hall–Kier alpha value is -1.30. The number of hydrogen-bond donors (Lipinski definition) is 0. The Balaban J connectivity index is 4.20. The van der Waals surface area contributed by atoms with Crippen LogP contribution in [0, 0.1) is 11.3 Å². The summed E-state index contributed by atoms with van der Waals surface area (Å²) in [4.78, 5) is 10.4. The molecule has 0 fully saturated rings. The quantitative estimate of drug-likeness (QED) is 0.309. The molecule has 0 amide bonds. The molecular formula is C6H7NO2. The second-order valence-corrected chi connectivity index (χ2v) is 1.44. The average molecular weight is 125 g/mol. The molecule has 0 saturated heterocycles. The number of nitriles is 1. The van der Waals surface area contributed by atoms with E-state index in [1.807, 2.05) is 0 Å². The summed E-state index contributed by atoms with van der Waals surface area (Å²) in [7, 11) is 1.39. The van der Waals surface area contributed by atoms with Crippen LogP contribution in [0.25, 0.3) is 0 Å². The number of hydrogen-bond acceptors (Lipinski definition) is 3. The topological polar surface area (TPSA) is 50.1 Å². The van der Waals surface area contributed by atoms with Crippen LogP contribution >= 0.6 is 0 Å². The maximum atomic E-state index is 10.4. The van der Waals surface area contributed by atoms with E-state index in [2.05, 4.69) is 4.74 Å². The maximum absolute atomic E-state index is 10.4. The van der Waals surface area contributed by atoms with Crippen molar-refractivity contribution in [2.24, 2.45) is 0 Å². The summed E-state index contributed by atoms with van der Waals surface area (Å²) in [6.45, 7) is 1.31. The average Bonchev–Trinajstić information content (AvgIpc) is 1.82. The number of carbonyl (C=O) groups is 1. The summed E-state index contributed by atoms with van der Waals surface area (Å²) in [5.41, 5.74) is 0.0394. The van der Waals surface area contributed by atoms with Gasteiger partial charge in [-0.1, -0.05) is 0 Å². The standard InChI is InChI=1S/C6H7NO2/c1-5(8)6(3-7)4-9-2/h4H,1-2H3/b6-4+. The van der Waals surface area contributed by atoms with Gasteiger partial charge in [0.15, 0.2) is 5.78 Å². The van der Waals surface area contributed by atoms with Crippen LogP contribution in [0.1, 0.15) is 6.92 Å². The highest BCUT2D eigenvalue weighted by molar-refractivity contribution is 5.96. The summed E-state index contributed by atoms with van der Waals surface area (Å²) in [5, 5.41) is 8.21. The molecule has 0 aliphatic heterocycles. The number of Topliss-reactive ketones (excluding diaryl/α,β-unsaturated/α-hetero) is 1. The third-order valence-corrected chi connectivity index (χ3v) is 0.735. The lowest BCUT2D eigenvalue weighted by atomic mass is 10.2. The van der Waals surface area contributed by atoms with Crippen molar-refractivity contribution in [3.63, 3.8) is 0 Å². The number of carbonyl (C=O) groups excluding carboxylic acids is 1. The Labute approximate surface area is 53.5 Å². The van der Waals surface area contributed by atoms with Crippen molar-refractivity contribution in [1.29, 1.82) is 5.26 Å².